The predicted octanol–water partition coefficient (Wildman–Crippen LogP) is 4.36. The van der Waals surface area contributed by atoms with Gasteiger partial charge in [-0.15, -0.1) is 0 Å². The van der Waals surface area contributed by atoms with Gasteiger partial charge in [0.15, 0.2) is 0 Å². The van der Waals surface area contributed by atoms with Gasteiger partial charge in [0.1, 0.15) is 0 Å². The van der Waals surface area contributed by atoms with E-state index in [-0.39, 0.29) is 5.91 Å². The summed E-state index contributed by atoms with van der Waals surface area (Å²) >= 11 is 9.56. The van der Waals surface area contributed by atoms with Crippen molar-refractivity contribution in [3.63, 3.8) is 0 Å². The second kappa shape index (κ2) is 5.62. The Bertz CT molecular complexity index is 461. The third-order valence-corrected chi connectivity index (χ3v) is 4.81. The Morgan fingerprint density at radius 3 is 2.89 bits per heavy atom. The molecule has 0 radical (unpaired) electrons. The number of halogens is 2. The molecule has 2 rings (SSSR count). The number of carbonyl (C=O) groups excluding carboxylic acids is 1. The van der Waals surface area contributed by atoms with Gasteiger partial charge in [-0.3, -0.25) is 4.79 Å². The molecule has 0 N–H and O–H groups in total. The van der Waals surface area contributed by atoms with Crippen molar-refractivity contribution in [3.05, 3.63) is 33.3 Å². The summed E-state index contributed by atoms with van der Waals surface area (Å²) in [5.41, 5.74) is 0.596. The van der Waals surface area contributed by atoms with E-state index in [4.69, 9.17) is 11.6 Å². The third-order valence-electron chi connectivity index (χ3n) is 3.51. The molecule has 0 saturated carbocycles. The first-order valence-corrected chi connectivity index (χ1v) is 7.44. The number of likely N-dealkylation sites (tertiary alicyclic amines) is 1. The van der Waals surface area contributed by atoms with Crippen molar-refractivity contribution in [2.24, 2.45) is 5.92 Å². The fourth-order valence-corrected chi connectivity index (χ4v) is 3.13. The van der Waals surface area contributed by atoms with Gasteiger partial charge in [-0.2, -0.15) is 0 Å². The Kier molecular flexibility index (Phi) is 4.33. The first-order chi connectivity index (χ1) is 8.52. The zero-order chi connectivity index (χ0) is 13.3. The lowest BCUT2D eigenvalue weighted by Crippen LogP contribution is -2.38. The molecule has 1 amide bonds. The molecular weight excluding hydrogens is 314 g/mol. The minimum Gasteiger partial charge on any atom is -0.335 e. The fourth-order valence-electron chi connectivity index (χ4n) is 2.56. The van der Waals surface area contributed by atoms with E-state index in [0.717, 1.165) is 23.9 Å². The van der Waals surface area contributed by atoms with Crippen molar-refractivity contribution in [1.82, 2.24) is 4.90 Å². The van der Waals surface area contributed by atoms with Crippen LogP contribution >= 0.6 is 27.5 Å². The molecule has 0 aromatic heterocycles. The minimum atomic E-state index is 0.0532. The van der Waals surface area contributed by atoms with Crippen molar-refractivity contribution >= 4 is 33.4 Å². The van der Waals surface area contributed by atoms with Gasteiger partial charge in [0.2, 0.25) is 0 Å². The minimum absolute atomic E-state index is 0.0532. The van der Waals surface area contributed by atoms with E-state index in [0.29, 0.717) is 22.5 Å². The SMILES string of the molecule is CC(C)C1CCCN1C(=O)c1cccc(Br)c1Cl. The summed E-state index contributed by atoms with van der Waals surface area (Å²) < 4.78 is 0.773. The Morgan fingerprint density at radius 2 is 2.22 bits per heavy atom. The van der Waals surface area contributed by atoms with Gasteiger partial charge in [-0.05, 0) is 46.8 Å². The third kappa shape index (κ3) is 2.57. The highest BCUT2D eigenvalue weighted by atomic mass is 79.9. The molecule has 1 aliphatic heterocycles. The molecule has 1 aromatic rings. The summed E-state index contributed by atoms with van der Waals surface area (Å²) in [6, 6.07) is 5.84. The lowest BCUT2D eigenvalue weighted by molar-refractivity contribution is 0.0701. The number of nitrogens with zero attached hydrogens (tertiary/aromatic N) is 1. The molecule has 1 unspecified atom stereocenters. The van der Waals surface area contributed by atoms with Crippen LogP contribution in [0.1, 0.15) is 37.0 Å². The first-order valence-electron chi connectivity index (χ1n) is 6.27. The highest BCUT2D eigenvalue weighted by Crippen LogP contribution is 2.30. The van der Waals surface area contributed by atoms with Crippen LogP contribution in [0.4, 0.5) is 0 Å². The molecule has 1 fully saturated rings. The molecule has 0 aliphatic carbocycles. The van der Waals surface area contributed by atoms with Crippen molar-refractivity contribution < 1.29 is 4.79 Å². The van der Waals surface area contributed by atoms with Crippen molar-refractivity contribution in [2.75, 3.05) is 6.54 Å². The second-order valence-corrected chi connectivity index (χ2v) is 6.29. The average Bonchev–Trinajstić information content (AvgIpc) is 2.81. The van der Waals surface area contributed by atoms with Crippen LogP contribution in [0.25, 0.3) is 0 Å². The number of hydrogen-bond donors (Lipinski definition) is 0. The molecule has 1 heterocycles. The number of rotatable bonds is 2. The summed E-state index contributed by atoms with van der Waals surface area (Å²) in [4.78, 5) is 14.5. The molecule has 1 atom stereocenters. The maximum atomic E-state index is 12.6. The molecule has 0 bridgehead atoms. The Balaban J connectivity index is 2.28. The number of carbonyl (C=O) groups is 1. The van der Waals surface area contributed by atoms with Crippen LogP contribution < -0.4 is 0 Å². The first kappa shape index (κ1) is 13.9. The van der Waals surface area contributed by atoms with E-state index < -0.39 is 0 Å². The van der Waals surface area contributed by atoms with E-state index in [1.807, 2.05) is 17.0 Å². The van der Waals surface area contributed by atoms with E-state index >= 15 is 0 Å². The zero-order valence-corrected chi connectivity index (χ0v) is 13.0. The van der Waals surface area contributed by atoms with E-state index in [2.05, 4.69) is 29.8 Å². The summed E-state index contributed by atoms with van der Waals surface area (Å²) in [5, 5.41) is 0.511. The van der Waals surface area contributed by atoms with Crippen LogP contribution in [0.5, 0.6) is 0 Å². The lowest BCUT2D eigenvalue weighted by Gasteiger charge is -2.28. The van der Waals surface area contributed by atoms with Gasteiger partial charge in [-0.1, -0.05) is 31.5 Å². The summed E-state index contributed by atoms with van der Waals surface area (Å²) in [5.74, 6) is 0.542. The van der Waals surface area contributed by atoms with Crippen LogP contribution in [-0.2, 0) is 0 Å². The van der Waals surface area contributed by atoms with Crippen LogP contribution in [-0.4, -0.2) is 23.4 Å². The van der Waals surface area contributed by atoms with Crippen molar-refractivity contribution in [2.45, 2.75) is 32.7 Å². The highest BCUT2D eigenvalue weighted by molar-refractivity contribution is 9.10. The molecule has 4 heteroatoms. The quantitative estimate of drug-likeness (QED) is 0.789. The smallest absolute Gasteiger partial charge is 0.255 e. The van der Waals surface area contributed by atoms with Gasteiger partial charge in [0, 0.05) is 17.1 Å². The molecule has 1 aliphatic rings. The average molecular weight is 331 g/mol. The summed E-state index contributed by atoms with van der Waals surface area (Å²) in [6.45, 7) is 5.17. The van der Waals surface area contributed by atoms with Gasteiger partial charge < -0.3 is 4.90 Å². The molecule has 1 saturated heterocycles. The van der Waals surface area contributed by atoms with Crippen LogP contribution in [0.15, 0.2) is 22.7 Å². The fraction of sp³-hybridized carbons (Fsp3) is 0.500. The van der Waals surface area contributed by atoms with Crippen LogP contribution in [0, 0.1) is 5.92 Å². The lowest BCUT2D eigenvalue weighted by atomic mass is 10.0. The Hall–Kier alpha value is -0.540. The zero-order valence-electron chi connectivity index (χ0n) is 10.6. The molecule has 2 nitrogen and oxygen atoms in total. The predicted molar refractivity (Wildman–Crippen MR) is 78.0 cm³/mol. The maximum Gasteiger partial charge on any atom is 0.255 e. The number of amides is 1. The molecule has 1 aromatic carbocycles. The van der Waals surface area contributed by atoms with E-state index in [1.54, 1.807) is 6.07 Å². The maximum absolute atomic E-state index is 12.6. The summed E-state index contributed by atoms with van der Waals surface area (Å²) in [7, 11) is 0. The standard InChI is InChI=1S/C14H17BrClNO/c1-9(2)12-7-4-8-17(12)14(18)10-5-3-6-11(15)13(10)16/h3,5-6,9,12H,4,7-8H2,1-2H3. The molecule has 0 spiro atoms. The molecule has 98 valence electrons. The van der Waals surface area contributed by atoms with E-state index in [9.17, 15) is 4.79 Å². The number of hydrogen-bond acceptors (Lipinski definition) is 1. The van der Waals surface area contributed by atoms with Crippen LogP contribution in [0.3, 0.4) is 0 Å². The largest absolute Gasteiger partial charge is 0.335 e. The topological polar surface area (TPSA) is 20.3 Å². The summed E-state index contributed by atoms with van der Waals surface area (Å²) in [6.07, 6.45) is 2.18. The van der Waals surface area contributed by atoms with Gasteiger partial charge in [0.25, 0.3) is 5.91 Å². The molecular formula is C14H17BrClNO. The van der Waals surface area contributed by atoms with Crippen molar-refractivity contribution in [3.8, 4) is 0 Å². The second-order valence-electron chi connectivity index (χ2n) is 5.05. The highest BCUT2D eigenvalue weighted by Gasteiger charge is 2.32. The van der Waals surface area contributed by atoms with E-state index in [1.165, 1.54) is 0 Å². The number of benzene rings is 1. The Labute approximate surface area is 121 Å². The van der Waals surface area contributed by atoms with Crippen molar-refractivity contribution in [1.29, 1.82) is 0 Å². The normalized spacial score (nSPS) is 19.6. The van der Waals surface area contributed by atoms with Gasteiger partial charge >= 0.3 is 0 Å². The van der Waals surface area contributed by atoms with Crippen LogP contribution in [0.2, 0.25) is 5.02 Å². The van der Waals surface area contributed by atoms with Gasteiger partial charge in [-0.25, -0.2) is 0 Å². The van der Waals surface area contributed by atoms with Gasteiger partial charge in [0.05, 0.1) is 10.6 Å². The molecule has 18 heavy (non-hydrogen) atoms. The Morgan fingerprint density at radius 1 is 1.50 bits per heavy atom. The monoisotopic (exact) mass is 329 g/mol.